The number of hydrogen-bond donors (Lipinski definition) is 3. The van der Waals surface area contributed by atoms with Crippen LogP contribution in [0.25, 0.3) is 0 Å². The molecule has 3 aromatic carbocycles. The summed E-state index contributed by atoms with van der Waals surface area (Å²) in [7, 11) is 1.48. The van der Waals surface area contributed by atoms with E-state index < -0.39 is 54.2 Å². The van der Waals surface area contributed by atoms with E-state index in [-0.39, 0.29) is 12.0 Å². The summed E-state index contributed by atoms with van der Waals surface area (Å²) in [4.78, 5) is 52.7. The number of halogens is 2. The smallest absolute Gasteiger partial charge is 0.251 e. The minimum Gasteiger partial charge on any atom is -0.497 e. The molecule has 3 aromatic rings. The Morgan fingerprint density at radius 3 is 2.23 bits per heavy atom. The van der Waals surface area contributed by atoms with Gasteiger partial charge in [-0.2, -0.15) is 5.26 Å². The van der Waals surface area contributed by atoms with E-state index in [2.05, 4.69) is 16.0 Å². The van der Waals surface area contributed by atoms with Gasteiger partial charge in [-0.15, -0.1) is 0 Å². The SMILES string of the molecule is COc1ccc(C(NC(=O)C(Cc2cccc(C#N)c2)NC(=O)c2cccc(Cl)c2)C(=O)N[C@H](C(=O)CF)C(C)C)cc1. The van der Waals surface area contributed by atoms with Gasteiger partial charge >= 0.3 is 0 Å². The Hall–Kier alpha value is -4.75. The molecule has 224 valence electrons. The van der Waals surface area contributed by atoms with Crippen molar-refractivity contribution in [3.63, 3.8) is 0 Å². The molecule has 0 aliphatic carbocycles. The molecule has 0 radical (unpaired) electrons. The molecule has 0 saturated heterocycles. The van der Waals surface area contributed by atoms with Gasteiger partial charge in [-0.05, 0) is 59.5 Å². The van der Waals surface area contributed by atoms with Crippen LogP contribution in [0.4, 0.5) is 4.39 Å². The normalized spacial score (nSPS) is 12.8. The molecule has 11 heteroatoms. The number of nitrogens with one attached hydrogen (secondary N) is 3. The number of benzene rings is 3. The second kappa shape index (κ2) is 15.5. The number of nitriles is 1. The van der Waals surface area contributed by atoms with Crippen LogP contribution in [0, 0.1) is 17.2 Å². The Balaban J connectivity index is 1.97. The van der Waals surface area contributed by atoms with Crippen LogP contribution in [0.15, 0.2) is 72.8 Å². The van der Waals surface area contributed by atoms with Crippen molar-refractivity contribution < 1.29 is 28.3 Å². The zero-order valence-corrected chi connectivity index (χ0v) is 24.7. The summed E-state index contributed by atoms with van der Waals surface area (Å²) in [5, 5.41) is 17.6. The first-order valence-corrected chi connectivity index (χ1v) is 13.8. The summed E-state index contributed by atoms with van der Waals surface area (Å²) in [6, 6.07) is 17.5. The molecule has 0 aromatic heterocycles. The molecule has 0 heterocycles. The Morgan fingerprint density at radius 2 is 1.63 bits per heavy atom. The number of ether oxygens (including phenoxy) is 1. The molecule has 0 aliphatic rings. The largest absolute Gasteiger partial charge is 0.497 e. The quantitative estimate of drug-likeness (QED) is 0.268. The van der Waals surface area contributed by atoms with Crippen molar-refractivity contribution in [1.82, 2.24) is 16.0 Å². The van der Waals surface area contributed by atoms with Crippen LogP contribution in [0.5, 0.6) is 5.75 Å². The van der Waals surface area contributed by atoms with Gasteiger partial charge in [0, 0.05) is 17.0 Å². The average Bonchev–Trinajstić information content (AvgIpc) is 3.01. The lowest BCUT2D eigenvalue weighted by atomic mass is 9.98. The number of carbonyl (C=O) groups excluding carboxylic acids is 4. The minimum atomic E-state index is -1.32. The summed E-state index contributed by atoms with van der Waals surface area (Å²) in [6.07, 6.45) is -0.0143. The van der Waals surface area contributed by atoms with E-state index in [4.69, 9.17) is 16.3 Å². The first kappa shape index (κ1) is 32.8. The zero-order valence-electron chi connectivity index (χ0n) is 23.9. The summed E-state index contributed by atoms with van der Waals surface area (Å²) in [6.45, 7) is 2.06. The fourth-order valence-electron chi connectivity index (χ4n) is 4.36. The number of carbonyl (C=O) groups is 4. The minimum absolute atomic E-state index is 0.0143. The lowest BCUT2D eigenvalue weighted by molar-refractivity contribution is -0.133. The third-order valence-electron chi connectivity index (χ3n) is 6.65. The predicted octanol–water partition coefficient (Wildman–Crippen LogP) is 4.10. The average molecular weight is 607 g/mol. The van der Waals surface area contributed by atoms with Crippen molar-refractivity contribution in [2.45, 2.75) is 38.4 Å². The van der Waals surface area contributed by atoms with Gasteiger partial charge in [0.1, 0.15) is 24.5 Å². The van der Waals surface area contributed by atoms with Crippen molar-refractivity contribution in [2.24, 2.45) is 5.92 Å². The monoisotopic (exact) mass is 606 g/mol. The Kier molecular flexibility index (Phi) is 11.8. The van der Waals surface area contributed by atoms with Gasteiger partial charge < -0.3 is 20.7 Å². The molecule has 0 aliphatic heterocycles. The fourth-order valence-corrected chi connectivity index (χ4v) is 4.55. The number of methoxy groups -OCH3 is 1. The summed E-state index contributed by atoms with van der Waals surface area (Å²) in [5.41, 5.74) is 1.52. The molecule has 3 N–H and O–H groups in total. The van der Waals surface area contributed by atoms with Crippen LogP contribution in [-0.4, -0.2) is 49.4 Å². The number of ketones is 1. The van der Waals surface area contributed by atoms with Crippen molar-refractivity contribution in [1.29, 1.82) is 5.26 Å². The van der Waals surface area contributed by atoms with Gasteiger partial charge in [0.05, 0.1) is 24.8 Å². The molecule has 0 bridgehead atoms. The van der Waals surface area contributed by atoms with Crippen LogP contribution >= 0.6 is 11.6 Å². The van der Waals surface area contributed by atoms with Crippen LogP contribution < -0.4 is 20.7 Å². The Bertz CT molecular complexity index is 1510. The molecule has 0 saturated carbocycles. The molecule has 2 unspecified atom stereocenters. The fraction of sp³-hybridized carbons (Fsp3) is 0.281. The number of amides is 3. The topological polar surface area (TPSA) is 137 Å². The van der Waals surface area contributed by atoms with Crippen LogP contribution in [-0.2, 0) is 20.8 Å². The first-order valence-electron chi connectivity index (χ1n) is 13.4. The molecular formula is C32H32ClFN4O5. The van der Waals surface area contributed by atoms with Gasteiger partial charge in [0.25, 0.3) is 5.91 Å². The lowest BCUT2D eigenvalue weighted by Crippen LogP contribution is -2.53. The molecular weight excluding hydrogens is 575 g/mol. The predicted molar refractivity (Wildman–Crippen MR) is 159 cm³/mol. The highest BCUT2D eigenvalue weighted by Gasteiger charge is 2.32. The molecule has 9 nitrogen and oxygen atoms in total. The van der Waals surface area contributed by atoms with E-state index in [1.54, 1.807) is 74.5 Å². The van der Waals surface area contributed by atoms with E-state index in [0.717, 1.165) is 0 Å². The second-order valence-corrected chi connectivity index (χ2v) is 10.5. The third kappa shape index (κ3) is 9.12. The standard InChI is InChI=1S/C32H32ClFN4O5/c1-19(2)28(27(39)17-34)37-32(42)29(22-10-12-25(43-3)13-11-22)38-31(41)26(15-20-6-4-7-21(14-20)18-35)36-30(40)23-8-5-9-24(33)16-23/h4-14,16,19,26,28-29H,15,17H2,1-3H3,(H,36,40)(H,37,42)(H,38,41)/t26?,28-,29?/m0/s1. The molecule has 3 rings (SSSR count). The van der Waals surface area contributed by atoms with Gasteiger partial charge in [-0.3, -0.25) is 19.2 Å². The molecule has 3 amide bonds. The molecule has 0 fully saturated rings. The van der Waals surface area contributed by atoms with E-state index in [1.807, 2.05) is 6.07 Å². The molecule has 3 atom stereocenters. The van der Waals surface area contributed by atoms with Crippen LogP contribution in [0.2, 0.25) is 5.02 Å². The highest BCUT2D eigenvalue weighted by molar-refractivity contribution is 6.31. The zero-order chi connectivity index (χ0) is 31.5. The Labute approximate surface area is 254 Å². The van der Waals surface area contributed by atoms with Gasteiger partial charge in [0.2, 0.25) is 11.8 Å². The molecule has 43 heavy (non-hydrogen) atoms. The van der Waals surface area contributed by atoms with Crippen LogP contribution in [0.1, 0.15) is 46.9 Å². The van der Waals surface area contributed by atoms with Crippen molar-refractivity contribution in [2.75, 3.05) is 13.8 Å². The van der Waals surface area contributed by atoms with E-state index >= 15 is 0 Å². The van der Waals surface area contributed by atoms with Crippen LogP contribution in [0.3, 0.4) is 0 Å². The van der Waals surface area contributed by atoms with Gasteiger partial charge in [-0.1, -0.05) is 55.8 Å². The first-order chi connectivity index (χ1) is 20.6. The number of nitrogens with zero attached hydrogens (tertiary/aromatic N) is 1. The van der Waals surface area contributed by atoms with E-state index in [9.17, 15) is 28.8 Å². The lowest BCUT2D eigenvalue weighted by Gasteiger charge is -2.26. The number of rotatable bonds is 13. The maximum atomic E-state index is 13.8. The van der Waals surface area contributed by atoms with Crippen molar-refractivity contribution in [3.8, 4) is 11.8 Å². The highest BCUT2D eigenvalue weighted by atomic mass is 35.5. The maximum absolute atomic E-state index is 13.8. The van der Waals surface area contributed by atoms with Gasteiger partial charge in [0.15, 0.2) is 5.78 Å². The number of alkyl halides is 1. The highest BCUT2D eigenvalue weighted by Crippen LogP contribution is 2.20. The Morgan fingerprint density at radius 1 is 0.930 bits per heavy atom. The summed E-state index contributed by atoms with van der Waals surface area (Å²) >= 11 is 6.05. The number of Topliss-reactive ketones (excluding diaryl/α,β-unsaturated/α-hetero) is 1. The van der Waals surface area contributed by atoms with E-state index in [1.165, 1.54) is 19.2 Å². The van der Waals surface area contributed by atoms with Gasteiger partial charge in [-0.25, -0.2) is 4.39 Å². The third-order valence-corrected chi connectivity index (χ3v) is 6.88. The summed E-state index contributed by atoms with van der Waals surface area (Å²) in [5.74, 6) is -2.76. The number of hydrogen-bond acceptors (Lipinski definition) is 6. The van der Waals surface area contributed by atoms with Crippen molar-refractivity contribution in [3.05, 3.63) is 100 Å². The maximum Gasteiger partial charge on any atom is 0.251 e. The van der Waals surface area contributed by atoms with E-state index in [0.29, 0.717) is 27.5 Å². The molecule has 0 spiro atoms. The summed E-state index contributed by atoms with van der Waals surface area (Å²) < 4.78 is 18.5. The second-order valence-electron chi connectivity index (χ2n) is 10.1. The van der Waals surface area contributed by atoms with Crippen molar-refractivity contribution >= 4 is 35.1 Å².